The van der Waals surface area contributed by atoms with Crippen LogP contribution in [0.2, 0.25) is 0 Å². The van der Waals surface area contributed by atoms with E-state index in [1.165, 1.54) is 12.4 Å². The molecule has 2 radical (unpaired) electrons. The van der Waals surface area contributed by atoms with Crippen LogP contribution in [0.1, 0.15) is 11.1 Å². The molecule has 1 aromatic carbocycles. The van der Waals surface area contributed by atoms with Gasteiger partial charge in [-0.15, -0.1) is 0 Å². The number of hydrogen-bond acceptors (Lipinski definition) is 2. The molecule has 20 heavy (non-hydrogen) atoms. The molecule has 102 valence electrons. The van der Waals surface area contributed by atoms with Crippen LogP contribution in [0.5, 0.6) is 11.5 Å². The molecular formula is C13H8BF4NO. The highest BCUT2D eigenvalue weighted by atomic mass is 19.4. The van der Waals surface area contributed by atoms with Gasteiger partial charge in [0.2, 0.25) is 0 Å². The molecule has 0 aliphatic heterocycles. The summed E-state index contributed by atoms with van der Waals surface area (Å²) < 4.78 is 56.1. The molecule has 0 unspecified atom stereocenters. The smallest absolute Gasteiger partial charge is 0.416 e. The first-order valence-electron chi connectivity index (χ1n) is 5.53. The van der Waals surface area contributed by atoms with Gasteiger partial charge in [0.1, 0.15) is 13.6 Å². The van der Waals surface area contributed by atoms with E-state index in [0.717, 1.165) is 12.1 Å². The molecular weight excluding hydrogens is 273 g/mol. The van der Waals surface area contributed by atoms with Crippen molar-refractivity contribution in [2.75, 3.05) is 0 Å². The number of alkyl halides is 3. The minimum Gasteiger partial charge on any atom is -0.452 e. The van der Waals surface area contributed by atoms with Crippen LogP contribution >= 0.6 is 0 Å². The minimum absolute atomic E-state index is 0.184. The molecule has 7 heteroatoms. The third-order valence-corrected chi connectivity index (χ3v) is 2.69. The summed E-state index contributed by atoms with van der Waals surface area (Å²) in [5, 5.41) is 0. The van der Waals surface area contributed by atoms with E-state index in [0.29, 0.717) is 17.1 Å². The first-order valence-corrected chi connectivity index (χ1v) is 5.53. The van der Waals surface area contributed by atoms with Gasteiger partial charge in [0.05, 0.1) is 11.8 Å². The lowest BCUT2D eigenvalue weighted by atomic mass is 9.93. The highest BCUT2D eigenvalue weighted by Gasteiger charge is 2.31. The van der Waals surface area contributed by atoms with Gasteiger partial charge in [-0.2, -0.15) is 13.2 Å². The number of rotatable bonds is 2. The second kappa shape index (κ2) is 5.15. The second-order valence-electron chi connectivity index (χ2n) is 4.10. The average molecular weight is 281 g/mol. The zero-order valence-electron chi connectivity index (χ0n) is 10.3. The molecule has 0 saturated carbocycles. The van der Waals surface area contributed by atoms with Crippen LogP contribution in [0.4, 0.5) is 17.6 Å². The highest BCUT2D eigenvalue weighted by molar-refractivity contribution is 6.33. The van der Waals surface area contributed by atoms with Gasteiger partial charge >= 0.3 is 6.18 Å². The number of halogens is 4. The summed E-state index contributed by atoms with van der Waals surface area (Å²) in [7, 11) is 5.61. The molecule has 0 spiro atoms. The maximum Gasteiger partial charge on any atom is 0.416 e. The van der Waals surface area contributed by atoms with Crippen LogP contribution in [0.3, 0.4) is 0 Å². The molecule has 2 aromatic rings. The quantitative estimate of drug-likeness (QED) is 0.623. The molecule has 0 saturated heterocycles. The molecule has 2 nitrogen and oxygen atoms in total. The maximum atomic E-state index is 13.6. The fourth-order valence-electron chi connectivity index (χ4n) is 1.50. The van der Waals surface area contributed by atoms with Crippen molar-refractivity contribution in [3.8, 4) is 11.5 Å². The van der Waals surface area contributed by atoms with Crippen molar-refractivity contribution >= 4 is 13.3 Å². The van der Waals surface area contributed by atoms with Crippen molar-refractivity contribution in [2.24, 2.45) is 0 Å². The topological polar surface area (TPSA) is 22.1 Å². The van der Waals surface area contributed by atoms with Crippen molar-refractivity contribution in [3.63, 3.8) is 0 Å². The predicted octanol–water partition coefficient (Wildman–Crippen LogP) is 3.13. The Bertz CT molecular complexity index is 643. The largest absolute Gasteiger partial charge is 0.452 e. The lowest BCUT2D eigenvalue weighted by molar-refractivity contribution is -0.137. The Balaban J connectivity index is 2.33. The molecule has 1 aromatic heterocycles. The first kappa shape index (κ1) is 14.4. The zero-order valence-corrected chi connectivity index (χ0v) is 10.3. The van der Waals surface area contributed by atoms with Crippen molar-refractivity contribution in [3.05, 3.63) is 47.5 Å². The molecule has 0 aliphatic rings. The van der Waals surface area contributed by atoms with Crippen molar-refractivity contribution in [1.82, 2.24) is 4.98 Å². The summed E-state index contributed by atoms with van der Waals surface area (Å²) in [4.78, 5) is 3.78. The highest BCUT2D eigenvalue weighted by Crippen LogP contribution is 2.33. The lowest BCUT2D eigenvalue weighted by Gasteiger charge is -2.12. The van der Waals surface area contributed by atoms with Crippen LogP contribution in [0, 0.1) is 12.7 Å². The van der Waals surface area contributed by atoms with Gasteiger partial charge in [-0.05, 0) is 30.7 Å². The molecule has 2 rings (SSSR count). The fraction of sp³-hybridized carbons (Fsp3) is 0.154. The van der Waals surface area contributed by atoms with E-state index < -0.39 is 17.6 Å². The molecule has 1 heterocycles. The van der Waals surface area contributed by atoms with Crippen LogP contribution in [-0.2, 0) is 6.18 Å². The summed E-state index contributed by atoms with van der Waals surface area (Å²) in [6, 6.07) is 2.04. The molecule has 0 amide bonds. The molecule has 0 aliphatic carbocycles. The number of pyridine rings is 1. The van der Waals surface area contributed by atoms with E-state index in [2.05, 4.69) is 4.98 Å². The van der Waals surface area contributed by atoms with Gasteiger partial charge in [0, 0.05) is 6.20 Å². The van der Waals surface area contributed by atoms with Crippen LogP contribution in [0.15, 0.2) is 30.6 Å². The van der Waals surface area contributed by atoms with Crippen LogP contribution in [0.25, 0.3) is 0 Å². The van der Waals surface area contributed by atoms with Crippen LogP contribution in [-0.4, -0.2) is 12.8 Å². The third kappa shape index (κ3) is 2.92. The molecule has 0 fully saturated rings. The van der Waals surface area contributed by atoms with Crippen molar-refractivity contribution in [2.45, 2.75) is 13.1 Å². The summed E-state index contributed by atoms with van der Waals surface area (Å²) in [5.41, 5.74) is -0.209. The van der Waals surface area contributed by atoms with Gasteiger partial charge in [0.15, 0.2) is 11.6 Å². The summed E-state index contributed by atoms with van der Waals surface area (Å²) in [5.74, 6) is -1.25. The standard InChI is InChI=1S/C13H8BF4NO/c1-7-9(14)5-19-6-12(7)20-11-3-2-8(4-10(11)15)13(16,17)18/h2-6H,1H3. The van der Waals surface area contributed by atoms with E-state index in [9.17, 15) is 17.6 Å². The minimum atomic E-state index is -4.60. The number of hydrogen-bond donors (Lipinski definition) is 0. The Morgan fingerprint density at radius 3 is 2.45 bits per heavy atom. The fourth-order valence-corrected chi connectivity index (χ4v) is 1.50. The normalized spacial score (nSPS) is 11.4. The third-order valence-electron chi connectivity index (χ3n) is 2.69. The Morgan fingerprint density at radius 1 is 1.15 bits per heavy atom. The number of benzene rings is 1. The zero-order chi connectivity index (χ0) is 14.9. The van der Waals surface area contributed by atoms with E-state index in [-0.39, 0.29) is 11.5 Å². The summed E-state index contributed by atoms with van der Waals surface area (Å²) in [6.45, 7) is 1.63. The number of aromatic nitrogens is 1. The number of nitrogens with zero attached hydrogens (tertiary/aromatic N) is 1. The van der Waals surface area contributed by atoms with Gasteiger partial charge < -0.3 is 4.74 Å². The average Bonchev–Trinajstić information content (AvgIpc) is 2.36. The Morgan fingerprint density at radius 2 is 1.85 bits per heavy atom. The van der Waals surface area contributed by atoms with E-state index in [4.69, 9.17) is 12.6 Å². The summed E-state index contributed by atoms with van der Waals surface area (Å²) >= 11 is 0. The first-order chi connectivity index (χ1) is 9.29. The maximum absolute atomic E-state index is 13.6. The van der Waals surface area contributed by atoms with Crippen molar-refractivity contribution in [1.29, 1.82) is 0 Å². The van der Waals surface area contributed by atoms with Gasteiger partial charge in [0.25, 0.3) is 0 Å². The second-order valence-corrected chi connectivity index (χ2v) is 4.10. The van der Waals surface area contributed by atoms with Crippen LogP contribution < -0.4 is 10.2 Å². The van der Waals surface area contributed by atoms with Gasteiger partial charge in [-0.25, -0.2) is 4.39 Å². The lowest BCUT2D eigenvalue weighted by Crippen LogP contribution is -2.09. The number of ether oxygens (including phenoxy) is 1. The van der Waals surface area contributed by atoms with E-state index >= 15 is 0 Å². The Hall–Kier alpha value is -2.05. The van der Waals surface area contributed by atoms with E-state index in [1.54, 1.807) is 6.92 Å². The Labute approximate surface area is 113 Å². The van der Waals surface area contributed by atoms with Crippen molar-refractivity contribution < 1.29 is 22.3 Å². The molecule has 0 atom stereocenters. The SMILES string of the molecule is [B]c1cncc(Oc2ccc(C(F)(F)F)cc2F)c1C. The predicted molar refractivity (Wildman–Crippen MR) is 65.8 cm³/mol. The summed E-state index contributed by atoms with van der Waals surface area (Å²) in [6.07, 6.45) is -1.90. The van der Waals surface area contributed by atoms with Gasteiger partial charge in [-0.1, -0.05) is 5.46 Å². The monoisotopic (exact) mass is 281 g/mol. The van der Waals surface area contributed by atoms with E-state index in [1.807, 2.05) is 0 Å². The van der Waals surface area contributed by atoms with Gasteiger partial charge in [-0.3, -0.25) is 4.98 Å². The molecule has 0 N–H and O–H groups in total. The Kier molecular flexibility index (Phi) is 3.70. The molecule has 0 bridgehead atoms.